The van der Waals surface area contributed by atoms with Crippen LogP contribution in [0.25, 0.3) is 0 Å². The van der Waals surface area contributed by atoms with Crippen molar-refractivity contribution in [3.63, 3.8) is 0 Å². The topological polar surface area (TPSA) is 81.4 Å². The molecular weight excluding hydrogens is 412 g/mol. The van der Waals surface area contributed by atoms with E-state index in [1.807, 2.05) is 57.6 Å². The SMILES string of the molecule is C=O.CC.CC1CC1.Cc1ccc(C(=O)N2CCC(O)(c3ccc(C#N)cc3)CC2)cc1C. The average molecular weight is 451 g/mol. The van der Waals surface area contributed by atoms with Crippen LogP contribution in [0.3, 0.4) is 0 Å². The van der Waals surface area contributed by atoms with E-state index >= 15 is 0 Å². The molecule has 0 radical (unpaired) electrons. The molecule has 0 bridgehead atoms. The predicted molar refractivity (Wildman–Crippen MR) is 133 cm³/mol. The van der Waals surface area contributed by atoms with Crippen LogP contribution in [0.4, 0.5) is 0 Å². The second-order valence-corrected chi connectivity index (χ2v) is 8.49. The lowest BCUT2D eigenvalue weighted by atomic mass is 9.84. The van der Waals surface area contributed by atoms with Gasteiger partial charge in [-0.15, -0.1) is 0 Å². The molecular formula is C28H38N2O3. The van der Waals surface area contributed by atoms with Crippen LogP contribution >= 0.6 is 0 Å². The van der Waals surface area contributed by atoms with Crippen LogP contribution < -0.4 is 0 Å². The summed E-state index contributed by atoms with van der Waals surface area (Å²) < 4.78 is 0. The summed E-state index contributed by atoms with van der Waals surface area (Å²) in [6, 6.07) is 14.9. The first kappa shape index (κ1) is 28.1. The number of carbonyl (C=O) groups excluding carboxylic acids is 2. The fraction of sp³-hybridized carbons (Fsp3) is 0.464. The van der Waals surface area contributed by atoms with E-state index < -0.39 is 5.60 Å². The minimum Gasteiger partial charge on any atom is -0.385 e. The van der Waals surface area contributed by atoms with Crippen molar-refractivity contribution in [1.29, 1.82) is 5.26 Å². The third-order valence-electron chi connectivity index (χ3n) is 6.05. The first-order valence-corrected chi connectivity index (χ1v) is 11.7. The van der Waals surface area contributed by atoms with Crippen LogP contribution in [-0.2, 0) is 10.4 Å². The normalized spacial score (nSPS) is 15.8. The molecule has 5 heteroatoms. The summed E-state index contributed by atoms with van der Waals surface area (Å²) in [6.45, 7) is 13.3. The highest BCUT2D eigenvalue weighted by Gasteiger charge is 2.35. The van der Waals surface area contributed by atoms with E-state index in [1.165, 1.54) is 18.4 Å². The van der Waals surface area contributed by atoms with Crippen LogP contribution in [0.15, 0.2) is 42.5 Å². The number of rotatable bonds is 2. The first-order chi connectivity index (χ1) is 15.8. The number of hydrogen-bond donors (Lipinski definition) is 1. The zero-order valence-corrected chi connectivity index (χ0v) is 20.7. The number of hydrogen-bond acceptors (Lipinski definition) is 4. The summed E-state index contributed by atoms with van der Waals surface area (Å²) >= 11 is 0. The van der Waals surface area contributed by atoms with Crippen LogP contribution in [0.2, 0.25) is 0 Å². The van der Waals surface area contributed by atoms with E-state index in [1.54, 1.807) is 24.3 Å². The van der Waals surface area contributed by atoms with Gasteiger partial charge in [-0.25, -0.2) is 0 Å². The molecule has 0 spiro atoms. The molecule has 2 fully saturated rings. The summed E-state index contributed by atoms with van der Waals surface area (Å²) in [5.74, 6) is 1.10. The highest BCUT2D eigenvalue weighted by molar-refractivity contribution is 5.94. The first-order valence-electron chi connectivity index (χ1n) is 11.7. The number of nitrogens with zero attached hydrogens (tertiary/aromatic N) is 2. The van der Waals surface area contributed by atoms with Crippen LogP contribution in [0, 0.1) is 31.1 Å². The molecule has 33 heavy (non-hydrogen) atoms. The minimum absolute atomic E-state index is 0.0185. The smallest absolute Gasteiger partial charge is 0.253 e. The van der Waals surface area contributed by atoms with E-state index in [2.05, 4.69) is 13.0 Å². The molecule has 1 amide bonds. The molecule has 1 saturated carbocycles. The lowest BCUT2D eigenvalue weighted by molar-refractivity contribution is -0.0980. The van der Waals surface area contributed by atoms with Gasteiger partial charge in [-0.1, -0.05) is 51.8 Å². The Balaban J connectivity index is 0.000000590. The Morgan fingerprint density at radius 3 is 1.97 bits per heavy atom. The Labute approximate surface area is 199 Å². The van der Waals surface area contributed by atoms with Gasteiger partial charge in [0.1, 0.15) is 6.79 Å². The van der Waals surface area contributed by atoms with Crippen molar-refractivity contribution in [2.24, 2.45) is 5.92 Å². The molecule has 0 atom stereocenters. The van der Waals surface area contributed by atoms with Gasteiger partial charge in [-0.3, -0.25) is 4.79 Å². The van der Waals surface area contributed by atoms with Gasteiger partial charge in [0.15, 0.2) is 0 Å². The Morgan fingerprint density at radius 2 is 1.55 bits per heavy atom. The van der Waals surface area contributed by atoms with Crippen molar-refractivity contribution in [3.05, 3.63) is 70.3 Å². The van der Waals surface area contributed by atoms with Gasteiger partial charge in [-0.05, 0) is 73.6 Å². The third kappa shape index (κ3) is 8.14. The van der Waals surface area contributed by atoms with Gasteiger partial charge in [0, 0.05) is 18.7 Å². The standard InChI is InChI=1S/C21H22N2O2.C4H8.C2H6.CH2O/c1-15-3-6-18(13-16(15)2)20(24)23-11-9-21(25,10-12-23)19-7-4-17(14-22)5-8-19;1-4-2-3-4;2*1-2/h3-8,13,25H,9-12H2,1-2H3;4H,2-3H2,1H3;1-2H3;1H2. The van der Waals surface area contributed by atoms with Gasteiger partial charge in [0.05, 0.1) is 17.2 Å². The highest BCUT2D eigenvalue weighted by Crippen LogP contribution is 2.33. The molecule has 2 aliphatic rings. The van der Waals surface area contributed by atoms with Crippen LogP contribution in [-0.4, -0.2) is 35.8 Å². The molecule has 4 rings (SSSR count). The van der Waals surface area contributed by atoms with Crippen molar-refractivity contribution in [2.45, 2.75) is 65.9 Å². The van der Waals surface area contributed by atoms with E-state index in [9.17, 15) is 9.90 Å². The number of amides is 1. The number of aryl methyl sites for hydroxylation is 2. The van der Waals surface area contributed by atoms with E-state index in [0.717, 1.165) is 17.0 Å². The number of likely N-dealkylation sites (tertiary alicyclic amines) is 1. The molecule has 2 aromatic rings. The molecule has 1 aliphatic heterocycles. The fourth-order valence-electron chi connectivity index (χ4n) is 3.45. The lowest BCUT2D eigenvalue weighted by Crippen LogP contribution is -2.45. The third-order valence-corrected chi connectivity index (χ3v) is 6.05. The maximum atomic E-state index is 12.7. The average Bonchev–Trinajstić information content (AvgIpc) is 3.66. The largest absolute Gasteiger partial charge is 0.385 e. The van der Waals surface area contributed by atoms with Crippen molar-refractivity contribution >= 4 is 12.7 Å². The zero-order valence-electron chi connectivity index (χ0n) is 20.7. The highest BCUT2D eigenvalue weighted by atomic mass is 16.3. The van der Waals surface area contributed by atoms with Crippen LogP contribution in [0.1, 0.15) is 79.1 Å². The van der Waals surface area contributed by atoms with Gasteiger partial charge in [0.25, 0.3) is 5.91 Å². The molecule has 5 nitrogen and oxygen atoms in total. The Kier molecular flexibility index (Phi) is 11.5. The number of carbonyl (C=O) groups is 2. The summed E-state index contributed by atoms with van der Waals surface area (Å²) in [4.78, 5) is 22.5. The lowest BCUT2D eigenvalue weighted by Gasteiger charge is -2.38. The van der Waals surface area contributed by atoms with Crippen molar-refractivity contribution < 1.29 is 14.7 Å². The molecule has 1 N–H and O–H groups in total. The monoisotopic (exact) mass is 450 g/mol. The van der Waals surface area contributed by atoms with Gasteiger partial charge < -0.3 is 14.8 Å². The van der Waals surface area contributed by atoms with Crippen molar-refractivity contribution in [1.82, 2.24) is 4.90 Å². The molecule has 1 saturated heterocycles. The number of nitriles is 1. The molecule has 1 aliphatic carbocycles. The van der Waals surface area contributed by atoms with Crippen LogP contribution in [0.5, 0.6) is 0 Å². The van der Waals surface area contributed by atoms with E-state index in [-0.39, 0.29) is 5.91 Å². The summed E-state index contributed by atoms with van der Waals surface area (Å²) in [7, 11) is 0. The number of aliphatic hydroxyl groups is 1. The zero-order chi connectivity index (χ0) is 25.0. The van der Waals surface area contributed by atoms with Gasteiger partial charge in [0.2, 0.25) is 0 Å². The molecule has 1 heterocycles. The number of benzene rings is 2. The van der Waals surface area contributed by atoms with E-state index in [4.69, 9.17) is 10.1 Å². The van der Waals surface area contributed by atoms with Crippen molar-refractivity contribution in [3.8, 4) is 6.07 Å². The fourth-order valence-corrected chi connectivity index (χ4v) is 3.45. The maximum absolute atomic E-state index is 12.7. The molecule has 0 unspecified atom stereocenters. The maximum Gasteiger partial charge on any atom is 0.253 e. The second-order valence-electron chi connectivity index (χ2n) is 8.49. The quantitative estimate of drug-likeness (QED) is 0.650. The predicted octanol–water partition coefficient (Wildman–Crippen LogP) is 5.56. The Morgan fingerprint density at radius 1 is 1.03 bits per heavy atom. The van der Waals surface area contributed by atoms with Gasteiger partial charge in [-0.2, -0.15) is 5.26 Å². The summed E-state index contributed by atoms with van der Waals surface area (Å²) in [5, 5.41) is 19.8. The van der Waals surface area contributed by atoms with Crippen molar-refractivity contribution in [2.75, 3.05) is 13.1 Å². The minimum atomic E-state index is -0.937. The van der Waals surface area contributed by atoms with Gasteiger partial charge >= 0.3 is 0 Å². The second kappa shape index (κ2) is 13.5. The Hall–Kier alpha value is -2.97. The summed E-state index contributed by atoms with van der Waals surface area (Å²) in [6.07, 6.45) is 3.96. The molecule has 178 valence electrons. The molecule has 0 aromatic heterocycles. The summed E-state index contributed by atoms with van der Waals surface area (Å²) in [5.41, 5.74) is 3.43. The Bertz CT molecular complexity index is 919. The number of piperidine rings is 1. The molecule has 2 aromatic carbocycles. The van der Waals surface area contributed by atoms with E-state index in [0.29, 0.717) is 37.1 Å².